The third-order valence-electron chi connectivity index (χ3n) is 2.22. The van der Waals surface area contributed by atoms with E-state index in [1.807, 2.05) is 0 Å². The SMILES string of the molecule is C=Cc1coc(-c2nc(C(Cl)(Cl)Cl)nc(C(Cl)(Cl)Cl)n2)c1. The predicted octanol–water partition coefficient (Wildman–Crippen LogP) is 5.43. The summed E-state index contributed by atoms with van der Waals surface area (Å²) in [5.74, 6) is -0.00944. The first kappa shape index (κ1) is 17.1. The van der Waals surface area contributed by atoms with Gasteiger partial charge in [-0.3, -0.25) is 0 Å². The molecule has 2 aromatic heterocycles. The lowest BCUT2D eigenvalue weighted by molar-refractivity contribution is 0.574. The van der Waals surface area contributed by atoms with Gasteiger partial charge in [-0.1, -0.05) is 82.3 Å². The second-order valence-corrected chi connectivity index (χ2v) is 8.31. The third kappa shape index (κ3) is 4.15. The molecule has 0 unspecified atom stereocenters. The van der Waals surface area contributed by atoms with Crippen LogP contribution in [0, 0.1) is 0 Å². The van der Waals surface area contributed by atoms with E-state index in [1.165, 1.54) is 6.26 Å². The normalized spacial score (nSPS) is 12.5. The van der Waals surface area contributed by atoms with Gasteiger partial charge in [0.2, 0.25) is 7.59 Å². The fourth-order valence-corrected chi connectivity index (χ4v) is 1.82. The van der Waals surface area contributed by atoms with Crippen molar-refractivity contribution in [2.45, 2.75) is 7.59 Å². The average Bonchev–Trinajstić information content (AvgIpc) is 2.85. The van der Waals surface area contributed by atoms with Gasteiger partial charge in [0.25, 0.3) is 0 Å². The summed E-state index contributed by atoms with van der Waals surface area (Å²) in [6.07, 6.45) is 3.04. The van der Waals surface area contributed by atoms with Crippen molar-refractivity contribution in [3.05, 3.63) is 36.1 Å². The van der Waals surface area contributed by atoms with Crippen molar-refractivity contribution in [1.29, 1.82) is 0 Å². The average molecular weight is 408 g/mol. The van der Waals surface area contributed by atoms with Crippen LogP contribution in [0.25, 0.3) is 17.7 Å². The van der Waals surface area contributed by atoms with Crippen molar-refractivity contribution >= 4 is 75.7 Å². The topological polar surface area (TPSA) is 51.8 Å². The van der Waals surface area contributed by atoms with Crippen molar-refractivity contribution in [1.82, 2.24) is 15.0 Å². The van der Waals surface area contributed by atoms with Crippen LogP contribution >= 0.6 is 69.6 Å². The van der Waals surface area contributed by atoms with E-state index in [0.717, 1.165) is 5.56 Å². The van der Waals surface area contributed by atoms with Gasteiger partial charge in [0.05, 0.1) is 6.26 Å². The molecule has 0 bridgehead atoms. The van der Waals surface area contributed by atoms with Crippen molar-refractivity contribution in [2.24, 2.45) is 0 Å². The van der Waals surface area contributed by atoms with Gasteiger partial charge in [-0.2, -0.15) is 0 Å². The summed E-state index contributed by atoms with van der Waals surface area (Å²) in [5, 5.41) is 0. The lowest BCUT2D eigenvalue weighted by atomic mass is 10.3. The van der Waals surface area contributed by atoms with Crippen molar-refractivity contribution in [2.75, 3.05) is 0 Å². The Kier molecular flexibility index (Phi) is 4.98. The number of hydrogen-bond acceptors (Lipinski definition) is 4. The number of hydrogen-bond donors (Lipinski definition) is 0. The van der Waals surface area contributed by atoms with Crippen molar-refractivity contribution in [3.63, 3.8) is 0 Å². The van der Waals surface area contributed by atoms with Crippen LogP contribution in [0.15, 0.2) is 23.3 Å². The summed E-state index contributed by atoms with van der Waals surface area (Å²) in [6.45, 7) is 3.61. The summed E-state index contributed by atoms with van der Waals surface area (Å²) in [6, 6.07) is 1.63. The van der Waals surface area contributed by atoms with Gasteiger partial charge in [-0.05, 0) is 6.07 Å². The molecule has 2 aromatic rings. The molecule has 21 heavy (non-hydrogen) atoms. The first-order valence-electron chi connectivity index (χ1n) is 5.23. The van der Waals surface area contributed by atoms with Crippen LogP contribution in [-0.4, -0.2) is 15.0 Å². The molecule has 0 N–H and O–H groups in total. The molecule has 2 rings (SSSR count). The molecule has 10 heteroatoms. The van der Waals surface area contributed by atoms with Gasteiger partial charge in [0.15, 0.2) is 23.2 Å². The van der Waals surface area contributed by atoms with Crippen molar-refractivity contribution in [3.8, 4) is 11.6 Å². The van der Waals surface area contributed by atoms with Crippen LogP contribution < -0.4 is 0 Å². The van der Waals surface area contributed by atoms with Crippen LogP contribution in [-0.2, 0) is 7.59 Å². The second-order valence-electron chi connectivity index (χ2n) is 3.75. The molecule has 0 aliphatic rings. The Morgan fingerprint density at radius 1 is 0.952 bits per heavy atom. The number of rotatable bonds is 2. The fourth-order valence-electron chi connectivity index (χ4n) is 1.31. The highest BCUT2D eigenvalue weighted by Gasteiger charge is 2.34. The van der Waals surface area contributed by atoms with Crippen LogP contribution in [0.2, 0.25) is 0 Å². The maximum Gasteiger partial charge on any atom is 0.250 e. The number of halogens is 6. The molecule has 0 aliphatic carbocycles. The molecule has 0 saturated carbocycles. The van der Waals surface area contributed by atoms with E-state index in [1.54, 1.807) is 12.1 Å². The van der Waals surface area contributed by atoms with Gasteiger partial charge in [-0.15, -0.1) is 0 Å². The van der Waals surface area contributed by atoms with E-state index in [9.17, 15) is 0 Å². The molecule has 0 spiro atoms. The minimum Gasteiger partial charge on any atom is -0.460 e. The Morgan fingerprint density at radius 2 is 1.48 bits per heavy atom. The highest BCUT2D eigenvalue weighted by molar-refractivity contribution is 6.67. The predicted molar refractivity (Wildman–Crippen MR) is 86.1 cm³/mol. The van der Waals surface area contributed by atoms with Crippen LogP contribution in [0.3, 0.4) is 0 Å². The zero-order valence-corrected chi connectivity index (χ0v) is 14.5. The fraction of sp³-hybridized carbons (Fsp3) is 0.182. The van der Waals surface area contributed by atoms with Crippen molar-refractivity contribution < 1.29 is 4.42 Å². The maximum absolute atomic E-state index is 5.77. The smallest absolute Gasteiger partial charge is 0.250 e. The summed E-state index contributed by atoms with van der Waals surface area (Å²) < 4.78 is 1.48. The van der Waals surface area contributed by atoms with Crippen LogP contribution in [0.1, 0.15) is 17.2 Å². The highest BCUT2D eigenvalue weighted by Crippen LogP contribution is 2.40. The number of alkyl halides is 6. The molecule has 112 valence electrons. The second kappa shape index (κ2) is 6.11. The maximum atomic E-state index is 5.77. The summed E-state index contributed by atoms with van der Waals surface area (Å²) in [5.41, 5.74) is 0.719. The van der Waals surface area contributed by atoms with E-state index >= 15 is 0 Å². The van der Waals surface area contributed by atoms with Crippen LogP contribution in [0.5, 0.6) is 0 Å². The molecule has 0 amide bonds. The molecule has 2 heterocycles. The quantitative estimate of drug-likeness (QED) is 0.623. The van der Waals surface area contributed by atoms with Gasteiger partial charge in [-0.25, -0.2) is 15.0 Å². The van der Waals surface area contributed by atoms with E-state index in [-0.39, 0.29) is 17.5 Å². The lowest BCUT2D eigenvalue weighted by Crippen LogP contribution is -2.16. The minimum absolute atomic E-state index is 0.0701. The summed E-state index contributed by atoms with van der Waals surface area (Å²) >= 11 is 34.6. The molecule has 0 aromatic carbocycles. The van der Waals surface area contributed by atoms with Gasteiger partial charge < -0.3 is 4.42 Å². The number of nitrogens with zero attached hydrogens (tertiary/aromatic N) is 3. The molecular weight excluding hydrogens is 403 g/mol. The Morgan fingerprint density at radius 3 is 1.86 bits per heavy atom. The number of furan rings is 1. The van der Waals surface area contributed by atoms with E-state index in [0.29, 0.717) is 5.76 Å². The monoisotopic (exact) mass is 405 g/mol. The first-order chi connectivity index (χ1) is 9.61. The van der Waals surface area contributed by atoms with Gasteiger partial charge >= 0.3 is 0 Å². The van der Waals surface area contributed by atoms with E-state index in [4.69, 9.17) is 74.0 Å². The molecule has 0 atom stereocenters. The Balaban J connectivity index is 2.62. The molecule has 0 radical (unpaired) electrons. The van der Waals surface area contributed by atoms with Gasteiger partial charge in [0, 0.05) is 5.56 Å². The Labute approximate surface area is 150 Å². The summed E-state index contributed by atoms with van der Waals surface area (Å²) in [7, 11) is 0. The van der Waals surface area contributed by atoms with E-state index in [2.05, 4.69) is 21.5 Å². The zero-order valence-electron chi connectivity index (χ0n) is 9.96. The standard InChI is InChI=1S/C11H5Cl6N3O/c1-2-5-3-6(21-4-5)7-18-8(10(12,13)14)20-9(19-7)11(15,16)17/h2-4H,1H2. The third-order valence-corrected chi connectivity index (χ3v) is 3.23. The van der Waals surface area contributed by atoms with Crippen LogP contribution in [0.4, 0.5) is 0 Å². The molecule has 0 saturated heterocycles. The molecule has 4 nitrogen and oxygen atoms in total. The Bertz CT molecular complexity index is 641. The molecular formula is C11H5Cl6N3O. The largest absolute Gasteiger partial charge is 0.460 e. The number of aromatic nitrogens is 3. The minimum atomic E-state index is -1.91. The highest BCUT2D eigenvalue weighted by atomic mass is 35.6. The lowest BCUT2D eigenvalue weighted by Gasteiger charge is -2.14. The summed E-state index contributed by atoms with van der Waals surface area (Å²) in [4.78, 5) is 11.9. The van der Waals surface area contributed by atoms with E-state index < -0.39 is 7.59 Å². The van der Waals surface area contributed by atoms with Gasteiger partial charge in [0.1, 0.15) is 0 Å². The first-order valence-corrected chi connectivity index (χ1v) is 7.50. The zero-order chi connectivity index (χ0) is 15.8. The molecule has 0 aliphatic heterocycles. The Hall–Kier alpha value is -0.230. The molecule has 0 fully saturated rings.